The number of carbonyl (C=O) groups is 1. The van der Waals surface area contributed by atoms with Gasteiger partial charge in [0, 0.05) is 18.8 Å². The Morgan fingerprint density at radius 2 is 2.00 bits per heavy atom. The maximum absolute atomic E-state index is 12.9. The number of benzene rings is 1. The van der Waals surface area contributed by atoms with Crippen LogP contribution >= 0.6 is 0 Å². The first-order valence-electron chi connectivity index (χ1n) is 7.72. The zero-order chi connectivity index (χ0) is 15.4. The molecule has 0 radical (unpaired) electrons. The van der Waals surface area contributed by atoms with Gasteiger partial charge in [0.05, 0.1) is 6.61 Å². The van der Waals surface area contributed by atoms with E-state index in [1.165, 1.54) is 0 Å². The van der Waals surface area contributed by atoms with E-state index in [1.54, 1.807) is 18.3 Å². The standard InChI is InChI=1S/C18H20N2O2/c1-2-22-17-16(9-6-12-19-17)18(21)20(15-10-11-15)13-14-7-4-3-5-8-14/h3-9,12,15H,2,10-11,13H2,1H3. The maximum atomic E-state index is 12.9. The number of pyridine rings is 1. The first kappa shape index (κ1) is 14.6. The normalized spacial score (nSPS) is 13.7. The van der Waals surface area contributed by atoms with Crippen molar-refractivity contribution in [1.82, 2.24) is 9.88 Å². The highest BCUT2D eigenvalue weighted by Gasteiger charge is 2.34. The Hall–Kier alpha value is -2.36. The minimum absolute atomic E-state index is 0.00269. The van der Waals surface area contributed by atoms with Gasteiger partial charge >= 0.3 is 0 Å². The van der Waals surface area contributed by atoms with Crippen LogP contribution in [0.2, 0.25) is 0 Å². The molecule has 4 heteroatoms. The Kier molecular flexibility index (Phi) is 4.37. The second-order valence-corrected chi connectivity index (χ2v) is 5.44. The van der Waals surface area contributed by atoms with Crippen molar-refractivity contribution in [3.05, 3.63) is 59.8 Å². The van der Waals surface area contributed by atoms with Gasteiger partial charge in [-0.1, -0.05) is 30.3 Å². The van der Waals surface area contributed by atoms with Crippen LogP contribution in [0.1, 0.15) is 35.7 Å². The molecule has 0 saturated heterocycles. The molecular weight excluding hydrogens is 276 g/mol. The van der Waals surface area contributed by atoms with E-state index in [2.05, 4.69) is 17.1 Å². The zero-order valence-electron chi connectivity index (χ0n) is 12.7. The lowest BCUT2D eigenvalue weighted by molar-refractivity contribution is 0.0724. The molecule has 1 aliphatic carbocycles. The lowest BCUT2D eigenvalue weighted by Gasteiger charge is -2.23. The molecule has 0 bridgehead atoms. The van der Waals surface area contributed by atoms with E-state index < -0.39 is 0 Å². The largest absolute Gasteiger partial charge is 0.477 e. The highest BCUT2D eigenvalue weighted by Crippen LogP contribution is 2.31. The summed E-state index contributed by atoms with van der Waals surface area (Å²) in [4.78, 5) is 19.1. The Bertz CT molecular complexity index is 639. The van der Waals surface area contributed by atoms with Crippen LogP contribution in [0.5, 0.6) is 5.88 Å². The molecule has 0 N–H and O–H groups in total. The Balaban J connectivity index is 1.84. The number of hydrogen-bond acceptors (Lipinski definition) is 3. The van der Waals surface area contributed by atoms with Gasteiger partial charge in [-0.2, -0.15) is 0 Å². The fraction of sp³-hybridized carbons (Fsp3) is 0.333. The van der Waals surface area contributed by atoms with Crippen LogP contribution in [-0.2, 0) is 6.54 Å². The third-order valence-corrected chi connectivity index (χ3v) is 3.73. The summed E-state index contributed by atoms with van der Waals surface area (Å²) in [6.45, 7) is 3.02. The second kappa shape index (κ2) is 6.60. The summed E-state index contributed by atoms with van der Waals surface area (Å²) in [5, 5.41) is 0. The molecule has 22 heavy (non-hydrogen) atoms. The molecule has 0 atom stereocenters. The van der Waals surface area contributed by atoms with Crippen LogP contribution in [0.15, 0.2) is 48.7 Å². The summed E-state index contributed by atoms with van der Waals surface area (Å²) in [5.41, 5.74) is 1.69. The number of nitrogens with zero attached hydrogens (tertiary/aromatic N) is 2. The summed E-state index contributed by atoms with van der Waals surface area (Å²) in [6.07, 6.45) is 3.80. The van der Waals surface area contributed by atoms with Gasteiger partial charge in [0.25, 0.3) is 5.91 Å². The average molecular weight is 296 g/mol. The fourth-order valence-electron chi connectivity index (χ4n) is 2.49. The number of rotatable bonds is 6. The van der Waals surface area contributed by atoms with E-state index in [1.807, 2.05) is 30.0 Å². The molecule has 1 aromatic heterocycles. The molecule has 1 saturated carbocycles. The maximum Gasteiger partial charge on any atom is 0.259 e. The fourth-order valence-corrected chi connectivity index (χ4v) is 2.49. The average Bonchev–Trinajstić information content (AvgIpc) is 3.39. The molecule has 0 aliphatic heterocycles. The van der Waals surface area contributed by atoms with Crippen molar-refractivity contribution in [3.8, 4) is 5.88 Å². The molecule has 3 rings (SSSR count). The van der Waals surface area contributed by atoms with Crippen LogP contribution < -0.4 is 4.74 Å². The third kappa shape index (κ3) is 3.27. The van der Waals surface area contributed by atoms with Gasteiger partial charge in [-0.05, 0) is 37.5 Å². The van der Waals surface area contributed by atoms with Crippen LogP contribution in [0.4, 0.5) is 0 Å². The Morgan fingerprint density at radius 1 is 1.23 bits per heavy atom. The van der Waals surface area contributed by atoms with Crippen molar-refractivity contribution in [2.24, 2.45) is 0 Å². The molecule has 0 spiro atoms. The zero-order valence-corrected chi connectivity index (χ0v) is 12.7. The van der Waals surface area contributed by atoms with Crippen LogP contribution in [0.25, 0.3) is 0 Å². The number of ether oxygens (including phenoxy) is 1. The van der Waals surface area contributed by atoms with Gasteiger partial charge in [0.1, 0.15) is 5.56 Å². The molecule has 1 aliphatic rings. The first-order valence-corrected chi connectivity index (χ1v) is 7.72. The lowest BCUT2D eigenvalue weighted by Crippen LogP contribution is -2.33. The summed E-state index contributed by atoms with van der Waals surface area (Å²) in [7, 11) is 0. The van der Waals surface area contributed by atoms with Crippen molar-refractivity contribution in [2.45, 2.75) is 32.4 Å². The van der Waals surface area contributed by atoms with E-state index in [0.29, 0.717) is 30.6 Å². The van der Waals surface area contributed by atoms with Gasteiger partial charge in [0.2, 0.25) is 5.88 Å². The smallest absolute Gasteiger partial charge is 0.259 e. The van der Waals surface area contributed by atoms with Gasteiger partial charge < -0.3 is 9.64 Å². The first-order chi connectivity index (χ1) is 10.8. The molecule has 1 fully saturated rings. The third-order valence-electron chi connectivity index (χ3n) is 3.73. The summed E-state index contributed by atoms with van der Waals surface area (Å²) in [5.74, 6) is 0.427. The summed E-state index contributed by atoms with van der Waals surface area (Å²) in [6, 6.07) is 14.0. The van der Waals surface area contributed by atoms with Crippen molar-refractivity contribution in [3.63, 3.8) is 0 Å². The van der Waals surface area contributed by atoms with Crippen LogP contribution in [0.3, 0.4) is 0 Å². The van der Waals surface area contributed by atoms with Crippen molar-refractivity contribution < 1.29 is 9.53 Å². The predicted octanol–water partition coefficient (Wildman–Crippen LogP) is 3.29. The van der Waals surface area contributed by atoms with E-state index in [4.69, 9.17) is 4.74 Å². The number of carbonyl (C=O) groups excluding carboxylic acids is 1. The Morgan fingerprint density at radius 3 is 2.68 bits per heavy atom. The van der Waals surface area contributed by atoms with Crippen molar-refractivity contribution in [1.29, 1.82) is 0 Å². The minimum atomic E-state index is 0.00269. The molecule has 1 aromatic carbocycles. The molecule has 114 valence electrons. The summed E-state index contributed by atoms with van der Waals surface area (Å²) < 4.78 is 5.50. The number of aromatic nitrogens is 1. The minimum Gasteiger partial charge on any atom is -0.477 e. The predicted molar refractivity (Wildman–Crippen MR) is 84.7 cm³/mol. The highest BCUT2D eigenvalue weighted by atomic mass is 16.5. The molecule has 0 unspecified atom stereocenters. The lowest BCUT2D eigenvalue weighted by atomic mass is 10.1. The second-order valence-electron chi connectivity index (χ2n) is 5.44. The molecular formula is C18H20N2O2. The topological polar surface area (TPSA) is 42.4 Å². The molecule has 1 amide bonds. The number of amides is 1. The van der Waals surface area contributed by atoms with E-state index in [0.717, 1.165) is 18.4 Å². The van der Waals surface area contributed by atoms with Crippen LogP contribution in [0, 0.1) is 0 Å². The van der Waals surface area contributed by atoms with E-state index >= 15 is 0 Å². The monoisotopic (exact) mass is 296 g/mol. The quantitative estimate of drug-likeness (QED) is 0.821. The van der Waals surface area contributed by atoms with Gasteiger partial charge in [-0.15, -0.1) is 0 Å². The van der Waals surface area contributed by atoms with E-state index in [9.17, 15) is 4.79 Å². The highest BCUT2D eigenvalue weighted by molar-refractivity contribution is 5.96. The molecule has 1 heterocycles. The Labute approximate surface area is 130 Å². The summed E-state index contributed by atoms with van der Waals surface area (Å²) >= 11 is 0. The SMILES string of the molecule is CCOc1ncccc1C(=O)N(Cc1ccccc1)C1CC1. The van der Waals surface area contributed by atoms with Gasteiger partial charge in [-0.25, -0.2) is 4.98 Å². The van der Waals surface area contributed by atoms with Crippen molar-refractivity contribution >= 4 is 5.91 Å². The van der Waals surface area contributed by atoms with Crippen LogP contribution in [-0.4, -0.2) is 28.4 Å². The number of hydrogen-bond donors (Lipinski definition) is 0. The van der Waals surface area contributed by atoms with Gasteiger partial charge in [-0.3, -0.25) is 4.79 Å². The van der Waals surface area contributed by atoms with Crippen molar-refractivity contribution in [2.75, 3.05) is 6.61 Å². The molecule has 2 aromatic rings. The van der Waals surface area contributed by atoms with E-state index in [-0.39, 0.29) is 5.91 Å². The van der Waals surface area contributed by atoms with Gasteiger partial charge in [0.15, 0.2) is 0 Å². The molecule has 4 nitrogen and oxygen atoms in total.